The number of carbonyl (C=O) groups is 2. The number of thioether (sulfide) groups is 1. The van der Waals surface area contributed by atoms with E-state index in [1.165, 1.54) is 17.0 Å². The molecule has 1 fully saturated rings. The highest BCUT2D eigenvalue weighted by molar-refractivity contribution is 8.14. The minimum absolute atomic E-state index is 0.0443. The van der Waals surface area contributed by atoms with Crippen molar-refractivity contribution in [1.82, 2.24) is 10.9 Å². The van der Waals surface area contributed by atoms with E-state index in [4.69, 9.17) is 16.3 Å². The van der Waals surface area contributed by atoms with Crippen molar-refractivity contribution in [2.45, 2.75) is 13.1 Å². The number of nitrogens with one attached hydrogen (secondary N) is 3. The standard InChI is InChI=1S/C21H21ClFN5O3S/c1-2-31-14-6-4-13(5-7-14)28-20(30)15-10-24-27-19(15)26-21(28)32-11-18(29)25-17-9-12(23)3-8-16(17)22/h3-9,15,19,24,27H,2,10-11H2,1H3,(H,25,29). The van der Waals surface area contributed by atoms with E-state index in [0.29, 0.717) is 29.8 Å². The Balaban J connectivity index is 1.52. The van der Waals surface area contributed by atoms with Gasteiger partial charge in [-0.25, -0.2) is 14.8 Å². The second-order valence-electron chi connectivity index (χ2n) is 7.05. The van der Waals surface area contributed by atoms with E-state index < -0.39 is 17.9 Å². The van der Waals surface area contributed by atoms with Gasteiger partial charge in [0.15, 0.2) is 5.17 Å². The summed E-state index contributed by atoms with van der Waals surface area (Å²) in [7, 11) is 0. The third-order valence-corrected chi connectivity index (χ3v) is 6.15. The van der Waals surface area contributed by atoms with Crippen molar-refractivity contribution in [3.05, 3.63) is 53.3 Å². The number of anilines is 2. The topological polar surface area (TPSA) is 95.1 Å². The van der Waals surface area contributed by atoms with E-state index in [2.05, 4.69) is 21.2 Å². The van der Waals surface area contributed by atoms with Crippen LogP contribution in [0.5, 0.6) is 5.75 Å². The summed E-state index contributed by atoms with van der Waals surface area (Å²) in [5, 5.41) is 3.21. The van der Waals surface area contributed by atoms with Crippen molar-refractivity contribution in [3.8, 4) is 5.75 Å². The van der Waals surface area contributed by atoms with Crippen LogP contribution in [0.4, 0.5) is 15.8 Å². The second-order valence-corrected chi connectivity index (χ2v) is 8.40. The quantitative estimate of drug-likeness (QED) is 0.592. The first-order valence-electron chi connectivity index (χ1n) is 9.97. The monoisotopic (exact) mass is 477 g/mol. The molecular formula is C21H21ClFN5O3S. The number of rotatable bonds is 6. The van der Waals surface area contributed by atoms with Gasteiger partial charge in [-0.3, -0.25) is 19.9 Å². The summed E-state index contributed by atoms with van der Waals surface area (Å²) in [6, 6.07) is 10.9. The van der Waals surface area contributed by atoms with Crippen molar-refractivity contribution in [2.75, 3.05) is 29.1 Å². The predicted octanol–water partition coefficient (Wildman–Crippen LogP) is 3.00. The summed E-state index contributed by atoms with van der Waals surface area (Å²) in [6.07, 6.45) is -0.412. The Kier molecular flexibility index (Phi) is 6.95. The third-order valence-electron chi connectivity index (χ3n) is 4.87. The van der Waals surface area contributed by atoms with Gasteiger partial charge in [-0.2, -0.15) is 0 Å². The zero-order valence-corrected chi connectivity index (χ0v) is 18.7. The van der Waals surface area contributed by atoms with Crippen LogP contribution in [-0.2, 0) is 9.59 Å². The Morgan fingerprint density at radius 1 is 1.34 bits per heavy atom. The number of amides is 2. The van der Waals surface area contributed by atoms with Crippen molar-refractivity contribution in [1.29, 1.82) is 0 Å². The number of carbonyl (C=O) groups excluding carboxylic acids is 2. The van der Waals surface area contributed by atoms with Crippen LogP contribution in [0.2, 0.25) is 5.02 Å². The molecule has 11 heteroatoms. The first-order valence-corrected chi connectivity index (χ1v) is 11.3. The number of ether oxygens (including phenoxy) is 1. The third kappa shape index (κ3) is 4.88. The minimum Gasteiger partial charge on any atom is -0.494 e. The van der Waals surface area contributed by atoms with Crippen LogP contribution in [0.1, 0.15) is 6.92 Å². The smallest absolute Gasteiger partial charge is 0.241 e. The molecule has 0 spiro atoms. The lowest BCUT2D eigenvalue weighted by atomic mass is 10.0. The minimum atomic E-state index is -0.507. The highest BCUT2D eigenvalue weighted by atomic mass is 35.5. The number of amidine groups is 1. The highest BCUT2D eigenvalue weighted by Gasteiger charge is 2.42. The summed E-state index contributed by atoms with van der Waals surface area (Å²) < 4.78 is 18.9. The Morgan fingerprint density at radius 2 is 2.12 bits per heavy atom. The molecule has 2 atom stereocenters. The van der Waals surface area contributed by atoms with E-state index in [9.17, 15) is 14.0 Å². The summed E-state index contributed by atoms with van der Waals surface area (Å²) in [4.78, 5) is 31.8. The molecule has 0 aromatic heterocycles. The van der Waals surface area contributed by atoms with Crippen LogP contribution < -0.4 is 25.8 Å². The molecule has 2 aromatic carbocycles. The molecular weight excluding hydrogens is 457 g/mol. The number of aliphatic imine (C=N–C) groups is 1. The maximum Gasteiger partial charge on any atom is 0.241 e. The van der Waals surface area contributed by atoms with Gasteiger partial charge in [-0.05, 0) is 49.4 Å². The van der Waals surface area contributed by atoms with Gasteiger partial charge >= 0.3 is 0 Å². The van der Waals surface area contributed by atoms with Gasteiger partial charge in [0.2, 0.25) is 11.8 Å². The second kappa shape index (κ2) is 9.86. The van der Waals surface area contributed by atoms with Crippen molar-refractivity contribution in [3.63, 3.8) is 0 Å². The fourth-order valence-electron chi connectivity index (χ4n) is 3.37. The van der Waals surface area contributed by atoms with Gasteiger partial charge in [0, 0.05) is 6.54 Å². The lowest BCUT2D eigenvalue weighted by molar-refractivity contribution is -0.121. The molecule has 1 saturated heterocycles. The molecule has 168 valence electrons. The molecule has 2 amide bonds. The molecule has 8 nitrogen and oxygen atoms in total. The number of hydrogen-bond acceptors (Lipinski definition) is 7. The number of hydrazine groups is 1. The lowest BCUT2D eigenvalue weighted by Gasteiger charge is -2.32. The average molecular weight is 478 g/mol. The zero-order chi connectivity index (χ0) is 22.7. The summed E-state index contributed by atoms with van der Waals surface area (Å²) in [5.41, 5.74) is 6.75. The number of halogens is 2. The van der Waals surface area contributed by atoms with Crippen LogP contribution in [0.3, 0.4) is 0 Å². The van der Waals surface area contributed by atoms with Crippen LogP contribution in [0.15, 0.2) is 47.5 Å². The van der Waals surface area contributed by atoms with Gasteiger partial charge in [0.1, 0.15) is 17.7 Å². The number of benzene rings is 2. The first-order chi connectivity index (χ1) is 15.5. The van der Waals surface area contributed by atoms with E-state index in [1.807, 2.05) is 6.92 Å². The van der Waals surface area contributed by atoms with Crippen molar-refractivity contribution >= 4 is 51.7 Å². The van der Waals surface area contributed by atoms with E-state index >= 15 is 0 Å². The summed E-state index contributed by atoms with van der Waals surface area (Å²) in [6.45, 7) is 2.89. The molecule has 3 N–H and O–H groups in total. The molecule has 0 bridgehead atoms. The molecule has 32 heavy (non-hydrogen) atoms. The molecule has 2 heterocycles. The lowest BCUT2D eigenvalue weighted by Crippen LogP contribution is -2.49. The van der Waals surface area contributed by atoms with E-state index in [-0.39, 0.29) is 28.3 Å². The fourth-order valence-corrected chi connectivity index (χ4v) is 4.38. The number of nitrogens with zero attached hydrogens (tertiary/aromatic N) is 2. The van der Waals surface area contributed by atoms with Gasteiger partial charge in [0.05, 0.1) is 34.7 Å². The molecule has 2 aromatic rings. The van der Waals surface area contributed by atoms with Crippen LogP contribution >= 0.6 is 23.4 Å². The summed E-state index contributed by atoms with van der Waals surface area (Å²) in [5.74, 6) is -0.734. The number of fused-ring (bicyclic) bond motifs is 1. The molecule has 0 radical (unpaired) electrons. The van der Waals surface area contributed by atoms with Gasteiger partial charge in [0.25, 0.3) is 0 Å². The largest absolute Gasteiger partial charge is 0.494 e. The molecule has 0 saturated carbocycles. The first kappa shape index (κ1) is 22.5. The highest BCUT2D eigenvalue weighted by Crippen LogP contribution is 2.31. The van der Waals surface area contributed by atoms with Gasteiger partial charge in [-0.15, -0.1) is 0 Å². The Bertz CT molecular complexity index is 1050. The molecule has 2 unspecified atom stereocenters. The zero-order valence-electron chi connectivity index (χ0n) is 17.1. The summed E-state index contributed by atoms with van der Waals surface area (Å²) >= 11 is 7.13. The van der Waals surface area contributed by atoms with Gasteiger partial charge < -0.3 is 10.1 Å². The number of hydrogen-bond donors (Lipinski definition) is 3. The maximum atomic E-state index is 13.5. The molecule has 0 aliphatic carbocycles. The van der Waals surface area contributed by atoms with E-state index in [0.717, 1.165) is 17.8 Å². The normalized spacial score (nSPS) is 20.0. The Morgan fingerprint density at radius 3 is 2.88 bits per heavy atom. The van der Waals surface area contributed by atoms with Crippen molar-refractivity contribution < 1.29 is 18.7 Å². The van der Waals surface area contributed by atoms with Crippen LogP contribution in [0.25, 0.3) is 0 Å². The molecule has 2 aliphatic heterocycles. The average Bonchev–Trinajstić information content (AvgIpc) is 3.25. The van der Waals surface area contributed by atoms with Crippen LogP contribution in [-0.4, -0.2) is 42.1 Å². The van der Waals surface area contributed by atoms with Crippen LogP contribution in [0, 0.1) is 11.7 Å². The predicted molar refractivity (Wildman–Crippen MR) is 123 cm³/mol. The molecule has 4 rings (SSSR count). The Labute approximate surface area is 193 Å². The fraction of sp³-hybridized carbons (Fsp3) is 0.286. The molecule has 2 aliphatic rings. The Hall–Kier alpha value is -2.66. The van der Waals surface area contributed by atoms with Gasteiger partial charge in [-0.1, -0.05) is 23.4 Å². The maximum absolute atomic E-state index is 13.5. The van der Waals surface area contributed by atoms with E-state index in [1.54, 1.807) is 24.3 Å². The SMILES string of the molecule is CCOc1ccc(N2C(=O)C3CNNC3N=C2SCC(=O)Nc2cc(F)ccc2Cl)cc1. The van der Waals surface area contributed by atoms with Crippen molar-refractivity contribution in [2.24, 2.45) is 10.9 Å².